The molecule has 0 radical (unpaired) electrons. The van der Waals surface area contributed by atoms with Crippen molar-refractivity contribution in [2.75, 3.05) is 26.4 Å². The molecule has 0 fully saturated rings. The maximum atomic E-state index is 11.8. The Morgan fingerprint density at radius 1 is 1.06 bits per heavy atom. The van der Waals surface area contributed by atoms with Crippen LogP contribution in [0.2, 0.25) is 0 Å². The second-order valence-corrected chi connectivity index (χ2v) is 4.34. The zero-order valence-corrected chi connectivity index (χ0v) is 10.1. The molecular formula is C11H21F3O3. The van der Waals surface area contributed by atoms with Crippen molar-refractivity contribution in [2.24, 2.45) is 5.41 Å². The Morgan fingerprint density at radius 3 is 2.06 bits per heavy atom. The summed E-state index contributed by atoms with van der Waals surface area (Å²) in [5.74, 6) is 0. The van der Waals surface area contributed by atoms with Gasteiger partial charge in [0.2, 0.25) is 0 Å². The average molecular weight is 258 g/mol. The Balaban J connectivity index is 3.83. The molecule has 0 aromatic carbocycles. The molecule has 0 aliphatic rings. The molecule has 0 unspecified atom stereocenters. The van der Waals surface area contributed by atoms with E-state index in [1.165, 1.54) is 0 Å². The van der Waals surface area contributed by atoms with Crippen LogP contribution in [-0.4, -0.2) is 42.8 Å². The van der Waals surface area contributed by atoms with Crippen LogP contribution in [-0.2, 0) is 4.74 Å². The van der Waals surface area contributed by atoms with Crippen molar-refractivity contribution in [3.63, 3.8) is 0 Å². The van der Waals surface area contributed by atoms with Gasteiger partial charge in [-0.1, -0.05) is 13.3 Å². The molecule has 0 aliphatic carbocycles. The fourth-order valence-electron chi connectivity index (χ4n) is 1.76. The van der Waals surface area contributed by atoms with Gasteiger partial charge in [-0.2, -0.15) is 13.2 Å². The summed E-state index contributed by atoms with van der Waals surface area (Å²) in [6, 6.07) is 0. The number of alkyl halides is 3. The van der Waals surface area contributed by atoms with Crippen molar-refractivity contribution >= 4 is 0 Å². The molecule has 0 bridgehead atoms. The average Bonchev–Trinajstić information content (AvgIpc) is 2.26. The first-order chi connectivity index (χ1) is 7.89. The number of ether oxygens (including phenoxy) is 1. The molecule has 0 amide bonds. The summed E-state index contributed by atoms with van der Waals surface area (Å²) in [4.78, 5) is 0. The SMILES string of the molecule is CCCC(CO)(CO)CCCOCC(F)(F)F. The summed E-state index contributed by atoms with van der Waals surface area (Å²) in [7, 11) is 0. The van der Waals surface area contributed by atoms with E-state index in [0.717, 1.165) is 6.42 Å². The van der Waals surface area contributed by atoms with E-state index in [1.54, 1.807) is 0 Å². The summed E-state index contributed by atoms with van der Waals surface area (Å²) in [6.45, 7) is 0.366. The van der Waals surface area contributed by atoms with Crippen molar-refractivity contribution in [3.8, 4) is 0 Å². The maximum absolute atomic E-state index is 11.8. The van der Waals surface area contributed by atoms with E-state index in [4.69, 9.17) is 0 Å². The molecule has 0 aromatic heterocycles. The van der Waals surface area contributed by atoms with Gasteiger partial charge in [0.15, 0.2) is 0 Å². The topological polar surface area (TPSA) is 49.7 Å². The summed E-state index contributed by atoms with van der Waals surface area (Å²) in [6.07, 6.45) is -1.97. The highest BCUT2D eigenvalue weighted by Gasteiger charge is 2.29. The van der Waals surface area contributed by atoms with E-state index < -0.39 is 18.2 Å². The van der Waals surface area contributed by atoms with Gasteiger partial charge in [-0.05, 0) is 19.3 Å². The van der Waals surface area contributed by atoms with Gasteiger partial charge < -0.3 is 14.9 Å². The molecular weight excluding hydrogens is 237 g/mol. The third kappa shape index (κ3) is 7.57. The Kier molecular flexibility index (Phi) is 7.74. The summed E-state index contributed by atoms with van der Waals surface area (Å²) in [5, 5.41) is 18.4. The lowest BCUT2D eigenvalue weighted by Crippen LogP contribution is -2.30. The highest BCUT2D eigenvalue weighted by Crippen LogP contribution is 2.28. The molecule has 104 valence electrons. The zero-order chi connectivity index (χ0) is 13.4. The van der Waals surface area contributed by atoms with Crippen LogP contribution in [0.5, 0.6) is 0 Å². The molecule has 0 saturated heterocycles. The molecule has 0 spiro atoms. The van der Waals surface area contributed by atoms with Crippen LogP contribution in [0.15, 0.2) is 0 Å². The Labute approximate surface area is 99.6 Å². The highest BCUT2D eigenvalue weighted by molar-refractivity contribution is 4.77. The molecule has 0 heterocycles. The third-order valence-electron chi connectivity index (χ3n) is 2.71. The van der Waals surface area contributed by atoms with Crippen molar-refractivity contribution in [2.45, 2.75) is 38.8 Å². The van der Waals surface area contributed by atoms with Gasteiger partial charge in [0.05, 0.1) is 13.2 Å². The first kappa shape index (κ1) is 16.7. The van der Waals surface area contributed by atoms with Crippen LogP contribution in [0.4, 0.5) is 13.2 Å². The van der Waals surface area contributed by atoms with Crippen LogP contribution in [0.1, 0.15) is 32.6 Å². The normalized spacial score (nSPS) is 13.1. The Hall–Kier alpha value is -0.330. The van der Waals surface area contributed by atoms with Crippen molar-refractivity contribution < 1.29 is 28.1 Å². The zero-order valence-electron chi connectivity index (χ0n) is 10.1. The maximum Gasteiger partial charge on any atom is 0.411 e. The summed E-state index contributed by atoms with van der Waals surface area (Å²) >= 11 is 0. The fraction of sp³-hybridized carbons (Fsp3) is 1.00. The highest BCUT2D eigenvalue weighted by atomic mass is 19.4. The van der Waals surface area contributed by atoms with Crippen molar-refractivity contribution in [1.29, 1.82) is 0 Å². The predicted molar refractivity (Wildman–Crippen MR) is 57.6 cm³/mol. The smallest absolute Gasteiger partial charge is 0.396 e. The molecule has 0 aromatic rings. The van der Waals surface area contributed by atoms with Crippen LogP contribution >= 0.6 is 0 Å². The van der Waals surface area contributed by atoms with Gasteiger partial charge in [0, 0.05) is 12.0 Å². The standard InChI is InChI=1S/C11H21F3O3/c1-2-4-10(7-15,8-16)5-3-6-17-9-11(12,13)14/h15-16H,2-9H2,1H3. The third-order valence-corrected chi connectivity index (χ3v) is 2.71. The van der Waals surface area contributed by atoms with Crippen LogP contribution < -0.4 is 0 Å². The van der Waals surface area contributed by atoms with E-state index in [-0.39, 0.29) is 19.8 Å². The molecule has 6 heteroatoms. The molecule has 0 aliphatic heterocycles. The summed E-state index contributed by atoms with van der Waals surface area (Å²) in [5.41, 5.74) is -0.587. The first-order valence-electron chi connectivity index (χ1n) is 5.75. The minimum Gasteiger partial charge on any atom is -0.396 e. The lowest BCUT2D eigenvalue weighted by molar-refractivity contribution is -0.174. The summed E-state index contributed by atoms with van der Waals surface area (Å²) < 4.78 is 39.8. The van der Waals surface area contributed by atoms with Crippen molar-refractivity contribution in [1.82, 2.24) is 0 Å². The van der Waals surface area contributed by atoms with Gasteiger partial charge in [0.25, 0.3) is 0 Å². The quantitative estimate of drug-likeness (QED) is 0.623. The lowest BCUT2D eigenvalue weighted by Gasteiger charge is -2.29. The monoisotopic (exact) mass is 258 g/mol. The van der Waals surface area contributed by atoms with Gasteiger partial charge in [-0.25, -0.2) is 0 Å². The number of rotatable bonds is 9. The molecule has 3 nitrogen and oxygen atoms in total. The van der Waals surface area contributed by atoms with E-state index >= 15 is 0 Å². The van der Waals surface area contributed by atoms with Gasteiger partial charge in [0.1, 0.15) is 6.61 Å². The van der Waals surface area contributed by atoms with E-state index in [0.29, 0.717) is 19.3 Å². The van der Waals surface area contributed by atoms with E-state index in [9.17, 15) is 23.4 Å². The minimum atomic E-state index is -4.30. The minimum absolute atomic E-state index is 0.00895. The van der Waals surface area contributed by atoms with Crippen LogP contribution in [0.25, 0.3) is 0 Å². The van der Waals surface area contributed by atoms with E-state index in [1.807, 2.05) is 6.92 Å². The molecule has 0 saturated carbocycles. The fourth-order valence-corrected chi connectivity index (χ4v) is 1.76. The second kappa shape index (κ2) is 7.89. The van der Waals surface area contributed by atoms with Crippen molar-refractivity contribution in [3.05, 3.63) is 0 Å². The lowest BCUT2D eigenvalue weighted by atomic mass is 9.81. The van der Waals surface area contributed by atoms with Gasteiger partial charge in [-0.3, -0.25) is 0 Å². The number of aliphatic hydroxyl groups excluding tert-OH is 2. The molecule has 0 rings (SSSR count). The Morgan fingerprint density at radius 2 is 1.65 bits per heavy atom. The molecule has 0 atom stereocenters. The predicted octanol–water partition coefficient (Wildman–Crippen LogP) is 2.12. The number of aliphatic hydroxyl groups is 2. The van der Waals surface area contributed by atoms with Crippen LogP contribution in [0, 0.1) is 5.41 Å². The largest absolute Gasteiger partial charge is 0.411 e. The molecule has 2 N–H and O–H groups in total. The molecule has 17 heavy (non-hydrogen) atoms. The number of halogens is 3. The number of hydrogen-bond donors (Lipinski definition) is 2. The van der Waals surface area contributed by atoms with Gasteiger partial charge >= 0.3 is 6.18 Å². The van der Waals surface area contributed by atoms with Crippen LogP contribution in [0.3, 0.4) is 0 Å². The number of hydrogen-bond acceptors (Lipinski definition) is 3. The Bertz CT molecular complexity index is 191. The first-order valence-corrected chi connectivity index (χ1v) is 5.75. The van der Waals surface area contributed by atoms with Gasteiger partial charge in [-0.15, -0.1) is 0 Å². The van der Waals surface area contributed by atoms with E-state index in [2.05, 4.69) is 4.74 Å². The second-order valence-electron chi connectivity index (χ2n) is 4.34.